The second-order valence-corrected chi connectivity index (χ2v) is 5.55. The van der Waals surface area contributed by atoms with Crippen molar-refractivity contribution in [2.45, 2.75) is 37.5 Å². The van der Waals surface area contributed by atoms with Crippen LogP contribution < -0.4 is 4.90 Å². The van der Waals surface area contributed by atoms with Gasteiger partial charge < -0.3 is 10.0 Å². The summed E-state index contributed by atoms with van der Waals surface area (Å²) in [5.41, 5.74) is 0.806. The van der Waals surface area contributed by atoms with E-state index in [1.807, 2.05) is 0 Å². The summed E-state index contributed by atoms with van der Waals surface area (Å²) in [5, 5.41) is 8.81. The van der Waals surface area contributed by atoms with Crippen molar-refractivity contribution in [1.29, 1.82) is 0 Å². The molecule has 0 radical (unpaired) electrons. The number of carboxylic acids is 1. The van der Waals surface area contributed by atoms with Gasteiger partial charge in [-0.1, -0.05) is 12.8 Å². The molecule has 0 unspecified atom stereocenters. The lowest BCUT2D eigenvalue weighted by Crippen LogP contribution is -2.39. The molecule has 0 aromatic heterocycles. The molecule has 1 saturated carbocycles. The number of carbonyl (C=O) groups excluding carboxylic acids is 1. The van der Waals surface area contributed by atoms with E-state index in [9.17, 15) is 14.0 Å². The van der Waals surface area contributed by atoms with E-state index in [1.54, 1.807) is 6.07 Å². The largest absolute Gasteiger partial charge is 0.481 e. The third-order valence-electron chi connectivity index (χ3n) is 4.43. The molecule has 1 aromatic rings. The van der Waals surface area contributed by atoms with Crippen molar-refractivity contribution in [1.82, 2.24) is 0 Å². The number of benzene rings is 1. The molecule has 1 heterocycles. The summed E-state index contributed by atoms with van der Waals surface area (Å²) < 4.78 is 13.5. The first-order valence-corrected chi connectivity index (χ1v) is 6.88. The number of fused-ring (bicyclic) bond motifs is 2. The standard InChI is InChI=1S/C15H16FNO3/c16-10-3-4-12-11(9-10)15(6-1-2-7-15)14(20)17(12)8-5-13(18)19/h3-4,9H,1-2,5-8H2,(H,18,19). The van der Waals surface area contributed by atoms with E-state index in [1.165, 1.54) is 17.0 Å². The van der Waals surface area contributed by atoms with Crippen LogP contribution in [0.2, 0.25) is 0 Å². The highest BCUT2D eigenvalue weighted by Gasteiger charge is 2.52. The fourth-order valence-electron chi connectivity index (χ4n) is 3.50. The van der Waals surface area contributed by atoms with Gasteiger partial charge in [0.05, 0.1) is 11.8 Å². The maximum Gasteiger partial charge on any atom is 0.305 e. The molecule has 1 aromatic carbocycles. The summed E-state index contributed by atoms with van der Waals surface area (Å²) in [6.45, 7) is 0.147. The molecule has 1 spiro atoms. The predicted molar refractivity (Wildman–Crippen MR) is 71.2 cm³/mol. The van der Waals surface area contributed by atoms with Gasteiger partial charge in [0.1, 0.15) is 5.82 Å². The lowest BCUT2D eigenvalue weighted by atomic mass is 9.80. The third kappa shape index (κ3) is 1.80. The Morgan fingerprint density at radius 2 is 2.05 bits per heavy atom. The average molecular weight is 277 g/mol. The van der Waals surface area contributed by atoms with Gasteiger partial charge in [-0.3, -0.25) is 9.59 Å². The third-order valence-corrected chi connectivity index (χ3v) is 4.43. The van der Waals surface area contributed by atoms with Crippen molar-refractivity contribution >= 4 is 17.6 Å². The summed E-state index contributed by atoms with van der Waals surface area (Å²) in [7, 11) is 0. The van der Waals surface area contributed by atoms with Gasteiger partial charge in [-0.05, 0) is 36.6 Å². The van der Waals surface area contributed by atoms with Crippen LogP contribution in [0.4, 0.5) is 10.1 Å². The number of amides is 1. The molecule has 1 fully saturated rings. The van der Waals surface area contributed by atoms with Crippen LogP contribution in [0.15, 0.2) is 18.2 Å². The number of anilines is 1. The van der Waals surface area contributed by atoms with E-state index in [4.69, 9.17) is 5.11 Å². The zero-order chi connectivity index (χ0) is 14.3. The first kappa shape index (κ1) is 13.1. The molecular formula is C15H16FNO3. The smallest absolute Gasteiger partial charge is 0.305 e. The Hall–Kier alpha value is -1.91. The van der Waals surface area contributed by atoms with E-state index in [0.717, 1.165) is 31.2 Å². The first-order chi connectivity index (χ1) is 9.54. The Kier molecular flexibility index (Phi) is 3.00. The molecule has 1 aliphatic heterocycles. The number of rotatable bonds is 3. The molecule has 5 heteroatoms. The monoisotopic (exact) mass is 277 g/mol. The maximum absolute atomic E-state index is 13.5. The molecule has 4 nitrogen and oxygen atoms in total. The second kappa shape index (κ2) is 4.58. The normalized spacial score (nSPS) is 19.6. The maximum atomic E-state index is 13.5. The number of carbonyl (C=O) groups is 2. The van der Waals surface area contributed by atoms with Gasteiger partial charge in [-0.2, -0.15) is 0 Å². The fraction of sp³-hybridized carbons (Fsp3) is 0.467. The molecule has 1 N–H and O–H groups in total. The Morgan fingerprint density at radius 3 is 2.70 bits per heavy atom. The van der Waals surface area contributed by atoms with Gasteiger partial charge in [0.2, 0.25) is 5.91 Å². The molecule has 0 bridgehead atoms. The van der Waals surface area contributed by atoms with Crippen LogP contribution in [0, 0.1) is 5.82 Å². The topological polar surface area (TPSA) is 57.6 Å². The average Bonchev–Trinajstić information content (AvgIpc) is 2.97. The number of aliphatic carboxylic acids is 1. The van der Waals surface area contributed by atoms with Crippen molar-refractivity contribution in [3.05, 3.63) is 29.6 Å². The molecule has 1 amide bonds. The van der Waals surface area contributed by atoms with Crippen molar-refractivity contribution in [3.63, 3.8) is 0 Å². The van der Waals surface area contributed by atoms with E-state index >= 15 is 0 Å². The van der Waals surface area contributed by atoms with Crippen LogP contribution in [0.3, 0.4) is 0 Å². The zero-order valence-corrected chi connectivity index (χ0v) is 11.1. The highest BCUT2D eigenvalue weighted by molar-refractivity contribution is 6.08. The van der Waals surface area contributed by atoms with Crippen LogP contribution in [-0.2, 0) is 15.0 Å². The summed E-state index contributed by atoms with van der Waals surface area (Å²) in [6, 6.07) is 4.37. The molecule has 3 rings (SSSR count). The van der Waals surface area contributed by atoms with Gasteiger partial charge in [0.25, 0.3) is 0 Å². The molecule has 106 valence electrons. The fourth-order valence-corrected chi connectivity index (χ4v) is 3.50. The van der Waals surface area contributed by atoms with Gasteiger partial charge in [0, 0.05) is 12.2 Å². The van der Waals surface area contributed by atoms with Crippen molar-refractivity contribution < 1.29 is 19.1 Å². The first-order valence-electron chi connectivity index (χ1n) is 6.88. The summed E-state index contributed by atoms with van der Waals surface area (Å²) in [6.07, 6.45) is 3.26. The van der Waals surface area contributed by atoms with Crippen LogP contribution in [0.1, 0.15) is 37.7 Å². The molecule has 1 aliphatic carbocycles. The van der Waals surface area contributed by atoms with Crippen molar-refractivity contribution in [2.24, 2.45) is 0 Å². The Balaban J connectivity index is 2.03. The van der Waals surface area contributed by atoms with E-state index in [0.29, 0.717) is 5.69 Å². The number of hydrogen-bond acceptors (Lipinski definition) is 2. The Labute approximate surface area is 116 Å². The highest BCUT2D eigenvalue weighted by Crippen LogP contribution is 2.51. The lowest BCUT2D eigenvalue weighted by molar-refractivity contribution is -0.136. The van der Waals surface area contributed by atoms with Crippen LogP contribution in [0.25, 0.3) is 0 Å². The van der Waals surface area contributed by atoms with E-state index in [-0.39, 0.29) is 24.7 Å². The summed E-state index contributed by atoms with van der Waals surface area (Å²) >= 11 is 0. The molecule has 0 atom stereocenters. The molecule has 0 saturated heterocycles. The Bertz CT molecular complexity index is 578. The quantitative estimate of drug-likeness (QED) is 0.923. The SMILES string of the molecule is O=C(O)CCN1C(=O)C2(CCCC2)c2cc(F)ccc21. The van der Waals surface area contributed by atoms with E-state index < -0.39 is 11.4 Å². The van der Waals surface area contributed by atoms with E-state index in [2.05, 4.69) is 0 Å². The minimum atomic E-state index is -0.936. The van der Waals surface area contributed by atoms with Crippen LogP contribution >= 0.6 is 0 Å². The summed E-state index contributed by atoms with van der Waals surface area (Å²) in [4.78, 5) is 25.0. The zero-order valence-electron chi connectivity index (χ0n) is 11.1. The van der Waals surface area contributed by atoms with Crippen molar-refractivity contribution in [2.75, 3.05) is 11.4 Å². The highest BCUT2D eigenvalue weighted by atomic mass is 19.1. The van der Waals surface area contributed by atoms with Crippen LogP contribution in [0.5, 0.6) is 0 Å². The minimum absolute atomic E-state index is 0.0585. The van der Waals surface area contributed by atoms with Gasteiger partial charge in [-0.15, -0.1) is 0 Å². The number of carboxylic acid groups (broad SMARTS) is 1. The second-order valence-electron chi connectivity index (χ2n) is 5.55. The predicted octanol–water partition coefficient (Wildman–Crippen LogP) is 2.46. The van der Waals surface area contributed by atoms with Gasteiger partial charge in [-0.25, -0.2) is 4.39 Å². The van der Waals surface area contributed by atoms with Crippen molar-refractivity contribution in [3.8, 4) is 0 Å². The number of nitrogens with zero attached hydrogens (tertiary/aromatic N) is 1. The van der Waals surface area contributed by atoms with Gasteiger partial charge >= 0.3 is 5.97 Å². The molecule has 2 aliphatic rings. The van der Waals surface area contributed by atoms with Gasteiger partial charge in [0.15, 0.2) is 0 Å². The van der Waals surface area contributed by atoms with Crippen LogP contribution in [-0.4, -0.2) is 23.5 Å². The molecule has 20 heavy (non-hydrogen) atoms. The minimum Gasteiger partial charge on any atom is -0.481 e. The number of halogens is 1. The Morgan fingerprint density at radius 1 is 1.35 bits per heavy atom. The lowest BCUT2D eigenvalue weighted by Gasteiger charge is -2.23. The summed E-state index contributed by atoms with van der Waals surface area (Å²) in [5.74, 6) is -1.34. The molecular weight excluding hydrogens is 261 g/mol. The number of hydrogen-bond donors (Lipinski definition) is 1.